The Labute approximate surface area is 121 Å². The van der Waals surface area contributed by atoms with Gasteiger partial charge < -0.3 is 0 Å². The highest BCUT2D eigenvalue weighted by atomic mass is 35.5. The summed E-state index contributed by atoms with van der Waals surface area (Å²) in [7, 11) is -3.40. The van der Waals surface area contributed by atoms with Gasteiger partial charge in [-0.25, -0.2) is 8.42 Å². The first-order chi connectivity index (χ1) is 8.89. The van der Waals surface area contributed by atoms with Crippen LogP contribution in [-0.4, -0.2) is 32.5 Å². The lowest BCUT2D eigenvalue weighted by atomic mass is 10.4. The van der Waals surface area contributed by atoms with Gasteiger partial charge in [-0.05, 0) is 45.0 Å². The predicted octanol–water partition coefficient (Wildman–Crippen LogP) is 3.46. The minimum absolute atomic E-state index is 0.273. The monoisotopic (exact) mass is 302 g/mol. The molecule has 0 atom stereocenters. The fourth-order valence-electron chi connectivity index (χ4n) is 1.90. The summed E-state index contributed by atoms with van der Waals surface area (Å²) in [6.45, 7) is 8.81. The van der Waals surface area contributed by atoms with E-state index >= 15 is 0 Å². The Morgan fingerprint density at radius 3 is 1.95 bits per heavy atom. The Morgan fingerprint density at radius 2 is 1.53 bits per heavy atom. The van der Waals surface area contributed by atoms with Crippen molar-refractivity contribution in [1.82, 2.24) is 0 Å². The van der Waals surface area contributed by atoms with Gasteiger partial charge in [0, 0.05) is 5.02 Å². The van der Waals surface area contributed by atoms with Gasteiger partial charge in [0.15, 0.2) is 0 Å². The number of hydrogen-bond acceptors (Lipinski definition) is 2. The van der Waals surface area contributed by atoms with E-state index in [0.717, 1.165) is 19.6 Å². The molecule has 1 rings (SSSR count). The molecule has 5 heteroatoms. The molecule has 0 saturated carbocycles. The molecule has 0 radical (unpaired) electrons. The van der Waals surface area contributed by atoms with Crippen LogP contribution < -0.4 is 0 Å². The number of hydrogen-bond donors (Lipinski definition) is 0. The summed E-state index contributed by atoms with van der Waals surface area (Å²) in [5.74, 6) is 0. The van der Waals surface area contributed by atoms with Crippen molar-refractivity contribution in [2.24, 2.45) is 0 Å². The lowest BCUT2D eigenvalue weighted by Crippen LogP contribution is -2.42. The number of sulfone groups is 1. The molecule has 0 amide bonds. The molecule has 0 aliphatic rings. The lowest BCUT2D eigenvalue weighted by molar-refractivity contribution is -0.874. The van der Waals surface area contributed by atoms with Gasteiger partial charge in [-0.3, -0.25) is 4.48 Å². The fourth-order valence-corrected chi connectivity index (χ4v) is 3.12. The highest BCUT2D eigenvalue weighted by Crippen LogP contribution is 2.17. The third-order valence-corrected chi connectivity index (χ3v) is 5.25. The molecule has 0 saturated heterocycles. The molecule has 0 aliphatic heterocycles. The number of rotatable bonds is 6. The van der Waals surface area contributed by atoms with Gasteiger partial charge in [0.1, 0.15) is 6.20 Å². The van der Waals surface area contributed by atoms with Crippen molar-refractivity contribution < 1.29 is 12.9 Å². The molecule has 1 aromatic carbocycles. The summed E-state index contributed by atoms with van der Waals surface area (Å²) in [5.41, 5.74) is 0. The molecule has 0 N–H and O–H groups in total. The normalized spacial score (nSPS) is 13.1. The van der Waals surface area contributed by atoms with Gasteiger partial charge in [0.2, 0.25) is 9.84 Å². The van der Waals surface area contributed by atoms with Gasteiger partial charge >= 0.3 is 0 Å². The summed E-state index contributed by atoms with van der Waals surface area (Å²) in [5, 5.41) is 1.84. The highest BCUT2D eigenvalue weighted by Gasteiger charge is 2.19. The second kappa shape index (κ2) is 6.55. The van der Waals surface area contributed by atoms with Crippen LogP contribution in [0, 0.1) is 0 Å². The molecule has 0 aromatic heterocycles. The van der Waals surface area contributed by atoms with E-state index < -0.39 is 9.84 Å². The summed E-state index contributed by atoms with van der Waals surface area (Å²) in [6, 6.07) is 6.23. The summed E-state index contributed by atoms with van der Waals surface area (Å²) in [6.07, 6.45) is 1.78. The third kappa shape index (κ3) is 4.06. The zero-order valence-electron chi connectivity index (χ0n) is 11.6. The van der Waals surface area contributed by atoms with E-state index in [1.165, 1.54) is 17.5 Å². The van der Waals surface area contributed by atoms with Crippen molar-refractivity contribution in [1.29, 1.82) is 0 Å². The summed E-state index contributed by atoms with van der Waals surface area (Å²) >= 11 is 5.76. The van der Waals surface area contributed by atoms with Crippen LogP contribution in [0.25, 0.3) is 0 Å². The van der Waals surface area contributed by atoms with Crippen molar-refractivity contribution in [2.75, 3.05) is 19.6 Å². The zero-order valence-corrected chi connectivity index (χ0v) is 13.2. The largest absolute Gasteiger partial charge is 0.297 e. The van der Waals surface area contributed by atoms with Crippen LogP contribution in [-0.2, 0) is 9.84 Å². The van der Waals surface area contributed by atoms with Gasteiger partial charge in [-0.15, -0.1) is 0 Å². The molecule has 0 fully saturated rings. The Balaban J connectivity index is 3.06. The topological polar surface area (TPSA) is 34.1 Å². The third-order valence-electron chi connectivity index (χ3n) is 3.59. The maximum absolute atomic E-state index is 12.2. The van der Waals surface area contributed by atoms with Crippen LogP contribution in [0.4, 0.5) is 0 Å². The molecule has 1 aromatic rings. The maximum Gasteiger partial charge on any atom is 0.204 e. The summed E-state index contributed by atoms with van der Waals surface area (Å²) < 4.78 is 25.1. The van der Waals surface area contributed by atoms with E-state index in [1.807, 2.05) is 0 Å². The fraction of sp³-hybridized carbons (Fsp3) is 0.429. The predicted molar refractivity (Wildman–Crippen MR) is 79.7 cm³/mol. The minimum atomic E-state index is -3.40. The van der Waals surface area contributed by atoms with Crippen LogP contribution in [0.2, 0.25) is 5.02 Å². The lowest BCUT2D eigenvalue weighted by Gasteiger charge is -2.31. The van der Waals surface area contributed by atoms with Crippen molar-refractivity contribution in [3.8, 4) is 0 Å². The number of quaternary nitrogens is 1. The molecule has 106 valence electrons. The van der Waals surface area contributed by atoms with Crippen LogP contribution >= 0.6 is 11.6 Å². The van der Waals surface area contributed by atoms with Gasteiger partial charge in [-0.1, -0.05) is 11.6 Å². The van der Waals surface area contributed by atoms with E-state index in [9.17, 15) is 8.42 Å². The zero-order chi connectivity index (χ0) is 14.5. The SMILES string of the molecule is CC[N+](C=CS(=O)(=O)c1ccc(Cl)cc1)(CC)CC. The van der Waals surface area contributed by atoms with Gasteiger partial charge in [-0.2, -0.15) is 0 Å². The average Bonchev–Trinajstić information content (AvgIpc) is 2.41. The maximum atomic E-state index is 12.2. The first-order valence-electron chi connectivity index (χ1n) is 6.45. The minimum Gasteiger partial charge on any atom is -0.297 e. The first kappa shape index (κ1) is 16.2. The highest BCUT2D eigenvalue weighted by molar-refractivity contribution is 7.94. The van der Waals surface area contributed by atoms with E-state index in [4.69, 9.17) is 11.6 Å². The Hall–Kier alpha value is -0.840. The van der Waals surface area contributed by atoms with Crippen LogP contribution in [0.5, 0.6) is 0 Å². The second-order valence-corrected chi connectivity index (χ2v) is 6.72. The molecule has 0 aliphatic carbocycles. The Kier molecular flexibility index (Phi) is 5.59. The molecule has 0 heterocycles. The Bertz CT molecular complexity index is 523. The smallest absolute Gasteiger partial charge is 0.204 e. The average molecular weight is 303 g/mol. The van der Waals surface area contributed by atoms with Crippen molar-refractivity contribution in [3.05, 3.63) is 40.9 Å². The molecule has 0 bridgehead atoms. The van der Waals surface area contributed by atoms with E-state index in [-0.39, 0.29) is 4.90 Å². The molecular formula is C14H21ClNO2S+. The number of nitrogens with zero attached hydrogens (tertiary/aromatic N) is 1. The summed E-state index contributed by atoms with van der Waals surface area (Å²) in [4.78, 5) is 0.273. The van der Waals surface area contributed by atoms with E-state index in [0.29, 0.717) is 9.51 Å². The van der Waals surface area contributed by atoms with Gasteiger partial charge in [0.05, 0.1) is 29.9 Å². The van der Waals surface area contributed by atoms with Crippen LogP contribution in [0.15, 0.2) is 40.8 Å². The van der Waals surface area contributed by atoms with Gasteiger partial charge in [0.25, 0.3) is 0 Å². The van der Waals surface area contributed by atoms with Crippen molar-refractivity contribution >= 4 is 21.4 Å². The van der Waals surface area contributed by atoms with Crippen molar-refractivity contribution in [3.63, 3.8) is 0 Å². The van der Waals surface area contributed by atoms with Crippen LogP contribution in [0.3, 0.4) is 0 Å². The van der Waals surface area contributed by atoms with E-state index in [2.05, 4.69) is 20.8 Å². The first-order valence-corrected chi connectivity index (χ1v) is 8.37. The molecule has 3 nitrogen and oxygen atoms in total. The quantitative estimate of drug-likeness (QED) is 0.754. The second-order valence-electron chi connectivity index (χ2n) is 4.45. The van der Waals surface area contributed by atoms with Crippen LogP contribution in [0.1, 0.15) is 20.8 Å². The van der Waals surface area contributed by atoms with Crippen molar-refractivity contribution in [2.45, 2.75) is 25.7 Å². The molecule has 19 heavy (non-hydrogen) atoms. The number of halogens is 1. The van der Waals surface area contributed by atoms with E-state index in [1.54, 1.807) is 18.3 Å². The number of benzene rings is 1. The molecule has 0 unspecified atom stereocenters. The standard InChI is InChI=1S/C14H21ClNO2S/c1-4-16(5-2,6-3)11-12-19(17,18)14-9-7-13(15)8-10-14/h7-12H,4-6H2,1-3H3/q+1. The Morgan fingerprint density at radius 1 is 1.05 bits per heavy atom. The molecular weight excluding hydrogens is 282 g/mol. The molecule has 0 spiro atoms.